The molecule has 2 aromatic rings. The van der Waals surface area contributed by atoms with Crippen LogP contribution in [0, 0.1) is 0 Å². The highest BCUT2D eigenvalue weighted by atomic mass is 35.5. The molecule has 0 saturated carbocycles. The standard InChI is InChI=1S/C17H19ClO5S/c1-24(19,20)23-11-3-10-21-16-4-2-5-17(12-16)22-13-14-6-8-15(18)9-7-14/h2,4-9,12H,3,10-11,13H2,1H3. The largest absolute Gasteiger partial charge is 0.493 e. The molecule has 7 heteroatoms. The van der Waals surface area contributed by atoms with Crippen LogP contribution in [0.1, 0.15) is 12.0 Å². The maximum atomic E-state index is 10.8. The Kier molecular flexibility index (Phi) is 6.90. The van der Waals surface area contributed by atoms with Gasteiger partial charge in [0.15, 0.2) is 0 Å². The summed E-state index contributed by atoms with van der Waals surface area (Å²) >= 11 is 5.85. The van der Waals surface area contributed by atoms with E-state index in [9.17, 15) is 8.42 Å². The van der Waals surface area contributed by atoms with E-state index in [4.69, 9.17) is 21.1 Å². The van der Waals surface area contributed by atoms with Crippen molar-refractivity contribution >= 4 is 21.7 Å². The van der Waals surface area contributed by atoms with E-state index >= 15 is 0 Å². The summed E-state index contributed by atoms with van der Waals surface area (Å²) in [7, 11) is -3.40. The minimum absolute atomic E-state index is 0.103. The average Bonchev–Trinajstić information content (AvgIpc) is 2.53. The summed E-state index contributed by atoms with van der Waals surface area (Å²) in [6, 6.07) is 14.7. The predicted molar refractivity (Wildman–Crippen MR) is 93.1 cm³/mol. The first-order valence-electron chi connectivity index (χ1n) is 7.37. The van der Waals surface area contributed by atoms with Crippen LogP contribution in [0.15, 0.2) is 48.5 Å². The molecule has 2 aromatic carbocycles. The molecule has 2 rings (SSSR count). The van der Waals surface area contributed by atoms with Crippen molar-refractivity contribution < 1.29 is 22.1 Å². The van der Waals surface area contributed by atoms with Gasteiger partial charge in [0.1, 0.15) is 18.1 Å². The number of hydrogen-bond donors (Lipinski definition) is 0. The molecule has 0 saturated heterocycles. The van der Waals surface area contributed by atoms with Crippen molar-refractivity contribution in [1.82, 2.24) is 0 Å². The van der Waals surface area contributed by atoms with Crippen molar-refractivity contribution in [1.29, 1.82) is 0 Å². The van der Waals surface area contributed by atoms with Gasteiger partial charge >= 0.3 is 0 Å². The molecule has 0 aliphatic rings. The Bertz CT molecular complexity index is 744. The number of hydrogen-bond acceptors (Lipinski definition) is 5. The van der Waals surface area contributed by atoms with Crippen molar-refractivity contribution in [2.45, 2.75) is 13.0 Å². The third-order valence-electron chi connectivity index (χ3n) is 2.98. The first-order valence-corrected chi connectivity index (χ1v) is 9.56. The van der Waals surface area contributed by atoms with E-state index in [1.807, 2.05) is 42.5 Å². The van der Waals surface area contributed by atoms with Gasteiger partial charge in [-0.3, -0.25) is 4.18 Å². The number of ether oxygens (including phenoxy) is 2. The van der Waals surface area contributed by atoms with Crippen LogP contribution >= 0.6 is 11.6 Å². The van der Waals surface area contributed by atoms with Crippen LogP contribution in [0.3, 0.4) is 0 Å². The summed E-state index contributed by atoms with van der Waals surface area (Å²) in [5.74, 6) is 1.35. The maximum absolute atomic E-state index is 10.8. The molecule has 0 amide bonds. The third-order valence-corrected chi connectivity index (χ3v) is 3.83. The van der Waals surface area contributed by atoms with Gasteiger partial charge in [-0.15, -0.1) is 0 Å². The van der Waals surface area contributed by atoms with Gasteiger partial charge < -0.3 is 9.47 Å². The predicted octanol–water partition coefficient (Wildman–Crippen LogP) is 3.66. The Morgan fingerprint density at radius 1 is 0.958 bits per heavy atom. The first kappa shape index (κ1) is 18.6. The summed E-state index contributed by atoms with van der Waals surface area (Å²) in [4.78, 5) is 0. The molecule has 0 heterocycles. The van der Waals surface area contributed by atoms with Crippen molar-refractivity contribution in [3.8, 4) is 11.5 Å². The minimum Gasteiger partial charge on any atom is -0.493 e. The van der Waals surface area contributed by atoms with E-state index in [1.165, 1.54) is 0 Å². The summed E-state index contributed by atoms with van der Waals surface area (Å²) in [5, 5.41) is 0.689. The van der Waals surface area contributed by atoms with E-state index in [0.717, 1.165) is 11.8 Å². The monoisotopic (exact) mass is 370 g/mol. The number of benzene rings is 2. The van der Waals surface area contributed by atoms with Crippen LogP contribution < -0.4 is 9.47 Å². The molecule has 0 aliphatic heterocycles. The van der Waals surface area contributed by atoms with E-state index < -0.39 is 10.1 Å². The minimum atomic E-state index is -3.40. The third kappa shape index (κ3) is 7.21. The van der Waals surface area contributed by atoms with Crippen molar-refractivity contribution in [3.63, 3.8) is 0 Å². The lowest BCUT2D eigenvalue weighted by atomic mass is 10.2. The second-order valence-electron chi connectivity index (χ2n) is 5.12. The van der Waals surface area contributed by atoms with Crippen molar-refractivity contribution in [2.24, 2.45) is 0 Å². The molecule has 0 aliphatic carbocycles. The van der Waals surface area contributed by atoms with Gasteiger partial charge in [-0.25, -0.2) is 0 Å². The van der Waals surface area contributed by atoms with Gasteiger partial charge in [0.05, 0.1) is 19.5 Å². The van der Waals surface area contributed by atoms with Crippen molar-refractivity contribution in [2.75, 3.05) is 19.5 Å². The maximum Gasteiger partial charge on any atom is 0.264 e. The molecule has 0 atom stereocenters. The van der Waals surface area contributed by atoms with Gasteiger partial charge in [-0.05, 0) is 29.8 Å². The van der Waals surface area contributed by atoms with E-state index in [2.05, 4.69) is 4.18 Å². The fourth-order valence-electron chi connectivity index (χ4n) is 1.86. The normalized spacial score (nSPS) is 11.2. The highest BCUT2D eigenvalue weighted by molar-refractivity contribution is 7.85. The lowest BCUT2D eigenvalue weighted by molar-refractivity contribution is 0.250. The second-order valence-corrected chi connectivity index (χ2v) is 7.20. The highest BCUT2D eigenvalue weighted by Gasteiger charge is 2.02. The molecular weight excluding hydrogens is 352 g/mol. The van der Waals surface area contributed by atoms with Crippen LogP contribution in [0.2, 0.25) is 5.02 Å². The van der Waals surface area contributed by atoms with Gasteiger partial charge in [0.25, 0.3) is 10.1 Å². The van der Waals surface area contributed by atoms with Crippen molar-refractivity contribution in [3.05, 3.63) is 59.1 Å². The fraction of sp³-hybridized carbons (Fsp3) is 0.294. The fourth-order valence-corrected chi connectivity index (χ4v) is 2.41. The molecule has 0 bridgehead atoms. The Morgan fingerprint density at radius 3 is 2.29 bits per heavy atom. The van der Waals surface area contributed by atoms with E-state index in [1.54, 1.807) is 6.07 Å². The SMILES string of the molecule is CS(=O)(=O)OCCCOc1cccc(OCc2ccc(Cl)cc2)c1. The molecule has 130 valence electrons. The van der Waals surface area contributed by atoms with Crippen LogP contribution in [-0.2, 0) is 20.9 Å². The van der Waals surface area contributed by atoms with Crippen LogP contribution in [0.4, 0.5) is 0 Å². The molecule has 5 nitrogen and oxygen atoms in total. The van der Waals surface area contributed by atoms with Gasteiger partial charge in [0, 0.05) is 17.5 Å². The van der Waals surface area contributed by atoms with Gasteiger partial charge in [-0.1, -0.05) is 29.8 Å². The lowest BCUT2D eigenvalue weighted by Gasteiger charge is -2.10. The Balaban J connectivity index is 1.77. The zero-order chi connectivity index (χ0) is 17.4. The Hall–Kier alpha value is -1.76. The van der Waals surface area contributed by atoms with Crippen LogP contribution in [0.5, 0.6) is 11.5 Å². The van der Waals surface area contributed by atoms with Crippen LogP contribution in [-0.4, -0.2) is 27.9 Å². The van der Waals surface area contributed by atoms with Gasteiger partial charge in [-0.2, -0.15) is 8.42 Å². The molecule has 24 heavy (non-hydrogen) atoms. The summed E-state index contributed by atoms with van der Waals surface area (Å²) in [5.41, 5.74) is 1.02. The van der Waals surface area contributed by atoms with E-state index in [-0.39, 0.29) is 6.61 Å². The molecule has 0 unspecified atom stereocenters. The topological polar surface area (TPSA) is 61.8 Å². The molecule has 0 aromatic heterocycles. The van der Waals surface area contributed by atoms with E-state index in [0.29, 0.717) is 36.2 Å². The zero-order valence-corrected chi connectivity index (χ0v) is 14.8. The zero-order valence-electron chi connectivity index (χ0n) is 13.3. The Labute approximate surface area is 147 Å². The summed E-state index contributed by atoms with van der Waals surface area (Å²) in [6.07, 6.45) is 1.50. The molecular formula is C17H19ClO5S. The molecule has 0 radical (unpaired) electrons. The first-order chi connectivity index (χ1) is 11.4. The lowest BCUT2D eigenvalue weighted by Crippen LogP contribution is -2.07. The highest BCUT2D eigenvalue weighted by Crippen LogP contribution is 2.21. The smallest absolute Gasteiger partial charge is 0.264 e. The quantitative estimate of drug-likeness (QED) is 0.498. The van der Waals surface area contributed by atoms with Gasteiger partial charge in [0.2, 0.25) is 0 Å². The van der Waals surface area contributed by atoms with Crippen LogP contribution in [0.25, 0.3) is 0 Å². The summed E-state index contributed by atoms with van der Waals surface area (Å²) in [6.45, 7) is 0.893. The second kappa shape index (κ2) is 8.92. The Morgan fingerprint density at radius 2 is 1.62 bits per heavy atom. The molecule has 0 fully saturated rings. The summed E-state index contributed by atoms with van der Waals surface area (Å²) < 4.78 is 37.6. The average molecular weight is 371 g/mol. The number of rotatable bonds is 9. The number of halogens is 1. The molecule has 0 spiro atoms. The molecule has 0 N–H and O–H groups in total.